The van der Waals surface area contributed by atoms with Gasteiger partial charge in [0, 0.05) is 17.5 Å². The highest BCUT2D eigenvalue weighted by Crippen LogP contribution is 2.44. The molecule has 1 unspecified atom stereocenters. The number of hydrogen-bond donors (Lipinski definition) is 1. The molecule has 1 aromatic carbocycles. The Bertz CT molecular complexity index is 921. The quantitative estimate of drug-likeness (QED) is 0.615. The van der Waals surface area contributed by atoms with Crippen molar-refractivity contribution in [3.8, 4) is 5.75 Å². The predicted molar refractivity (Wildman–Crippen MR) is 108 cm³/mol. The number of para-hydroxylation sites is 1. The number of aromatic nitrogens is 2. The first-order chi connectivity index (χ1) is 13.7. The van der Waals surface area contributed by atoms with Gasteiger partial charge in [-0.25, -0.2) is 18.7 Å². The van der Waals surface area contributed by atoms with Gasteiger partial charge in [-0.15, -0.1) is 0 Å². The zero-order valence-corrected chi connectivity index (χ0v) is 17.4. The summed E-state index contributed by atoms with van der Waals surface area (Å²) in [7, 11) is 0. The minimum Gasteiger partial charge on any atom is -0.492 e. The number of fused-ring (bicyclic) bond motifs is 1. The maximum atomic E-state index is 14.3. The third-order valence-corrected chi connectivity index (χ3v) is 5.22. The first-order valence-electron chi connectivity index (χ1n) is 9.68. The van der Waals surface area contributed by atoms with Crippen LogP contribution in [0.2, 0.25) is 5.28 Å². The number of ether oxygens (including phenoxy) is 1. The first-order valence-corrected chi connectivity index (χ1v) is 10.1. The molecule has 0 aliphatic carbocycles. The molecule has 0 fully saturated rings. The van der Waals surface area contributed by atoms with Gasteiger partial charge in [0.15, 0.2) is 0 Å². The summed E-state index contributed by atoms with van der Waals surface area (Å²) in [6.07, 6.45) is 1.15. The molecule has 2 aromatic rings. The van der Waals surface area contributed by atoms with Gasteiger partial charge in [0.2, 0.25) is 5.28 Å². The fourth-order valence-electron chi connectivity index (χ4n) is 3.54. The number of anilines is 1. The van der Waals surface area contributed by atoms with Gasteiger partial charge in [-0.05, 0) is 44.4 Å². The van der Waals surface area contributed by atoms with Gasteiger partial charge in [-0.2, -0.15) is 0 Å². The number of aryl methyl sites for hydroxylation is 1. The molecule has 3 rings (SSSR count). The molecule has 0 radical (unpaired) electrons. The van der Waals surface area contributed by atoms with Crippen molar-refractivity contribution >= 4 is 23.2 Å². The molecule has 0 saturated carbocycles. The molecule has 156 valence electrons. The second-order valence-corrected chi connectivity index (χ2v) is 7.55. The molecular weight excluding hydrogens is 400 g/mol. The Morgan fingerprint density at radius 1 is 1.38 bits per heavy atom. The number of halogens is 3. The smallest absolute Gasteiger partial charge is 0.280 e. The minimum atomic E-state index is -2.91. The number of carbonyl (C=O) groups excluding carboxylic acids is 1. The van der Waals surface area contributed by atoms with Gasteiger partial charge in [0.25, 0.3) is 5.92 Å². The van der Waals surface area contributed by atoms with Gasteiger partial charge in [-0.1, -0.05) is 19.1 Å². The van der Waals surface area contributed by atoms with Crippen LogP contribution < -0.4 is 10.1 Å². The van der Waals surface area contributed by atoms with Crippen LogP contribution in [0.25, 0.3) is 0 Å². The fraction of sp³-hybridized carbons (Fsp3) is 0.476. The first kappa shape index (κ1) is 21.4. The summed E-state index contributed by atoms with van der Waals surface area (Å²) in [6, 6.07) is 4.43. The standard InChI is InChI=1S/C21H24ClF2N3O2/c1-4-14-17(9-8-12(2)28)26-20(22)27-19(14)25-13(3)15-6-5-7-16-18(15)29-11-10-21(16,23)24/h5-7,13H,4,8-11H2,1-3H3,(H,25,26,27). The molecule has 1 aliphatic rings. The average Bonchev–Trinajstić information content (AvgIpc) is 2.65. The lowest BCUT2D eigenvalue weighted by molar-refractivity contribution is -0.117. The predicted octanol–water partition coefficient (Wildman–Crippen LogP) is 5.26. The van der Waals surface area contributed by atoms with Gasteiger partial charge in [0.1, 0.15) is 17.4 Å². The van der Waals surface area contributed by atoms with Crippen LogP contribution in [0.3, 0.4) is 0 Å². The van der Waals surface area contributed by atoms with Gasteiger partial charge < -0.3 is 14.8 Å². The summed E-state index contributed by atoms with van der Waals surface area (Å²) >= 11 is 6.11. The number of ketones is 1. The number of nitrogens with one attached hydrogen (secondary N) is 1. The molecule has 0 spiro atoms. The number of benzene rings is 1. The highest BCUT2D eigenvalue weighted by molar-refractivity contribution is 6.28. The van der Waals surface area contributed by atoms with Gasteiger partial charge in [0.05, 0.1) is 30.3 Å². The molecule has 0 amide bonds. The summed E-state index contributed by atoms with van der Waals surface area (Å²) in [6.45, 7) is 5.33. The number of hydrogen-bond acceptors (Lipinski definition) is 5. The van der Waals surface area contributed by atoms with E-state index in [9.17, 15) is 13.6 Å². The number of nitrogens with zero attached hydrogens (tertiary/aromatic N) is 2. The third kappa shape index (κ3) is 4.66. The van der Waals surface area contributed by atoms with E-state index in [-0.39, 0.29) is 41.4 Å². The van der Waals surface area contributed by atoms with Crippen molar-refractivity contribution in [1.29, 1.82) is 0 Å². The summed E-state index contributed by atoms with van der Waals surface area (Å²) in [5, 5.41) is 3.36. The van der Waals surface area contributed by atoms with Crippen LogP contribution in [0.5, 0.6) is 5.75 Å². The number of alkyl halides is 2. The molecule has 5 nitrogen and oxygen atoms in total. The van der Waals surface area contributed by atoms with Crippen LogP contribution in [0.4, 0.5) is 14.6 Å². The van der Waals surface area contributed by atoms with Crippen LogP contribution in [0.15, 0.2) is 18.2 Å². The van der Waals surface area contributed by atoms with E-state index in [2.05, 4.69) is 15.3 Å². The Labute approximate surface area is 173 Å². The molecular formula is C21H24ClF2N3O2. The lowest BCUT2D eigenvalue weighted by Gasteiger charge is -2.29. The zero-order valence-electron chi connectivity index (χ0n) is 16.7. The maximum absolute atomic E-state index is 14.3. The van der Waals surface area contributed by atoms with E-state index in [0.717, 1.165) is 11.3 Å². The second kappa shape index (κ2) is 8.61. The second-order valence-electron chi connectivity index (χ2n) is 7.21. The van der Waals surface area contributed by atoms with E-state index < -0.39 is 5.92 Å². The minimum absolute atomic E-state index is 0.0293. The van der Waals surface area contributed by atoms with E-state index in [0.29, 0.717) is 30.6 Å². The van der Waals surface area contributed by atoms with E-state index in [1.165, 1.54) is 13.0 Å². The molecule has 1 aliphatic heterocycles. The van der Waals surface area contributed by atoms with E-state index in [4.69, 9.17) is 16.3 Å². The maximum Gasteiger partial charge on any atom is 0.280 e. The molecule has 2 heterocycles. The highest BCUT2D eigenvalue weighted by Gasteiger charge is 2.39. The largest absolute Gasteiger partial charge is 0.492 e. The normalized spacial score (nSPS) is 15.9. The Morgan fingerprint density at radius 3 is 2.83 bits per heavy atom. The van der Waals surface area contributed by atoms with Crippen LogP contribution in [-0.4, -0.2) is 22.4 Å². The van der Waals surface area contributed by atoms with E-state index >= 15 is 0 Å². The number of rotatable bonds is 7. The summed E-state index contributed by atoms with van der Waals surface area (Å²) in [5.74, 6) is -2.08. The molecule has 8 heteroatoms. The Kier molecular flexibility index (Phi) is 6.36. The number of Topliss-reactive ketones (excluding diaryl/α,β-unsaturated/α-hetero) is 1. The van der Waals surface area contributed by atoms with Crippen LogP contribution in [-0.2, 0) is 23.6 Å². The van der Waals surface area contributed by atoms with Crippen molar-refractivity contribution in [3.63, 3.8) is 0 Å². The summed E-state index contributed by atoms with van der Waals surface area (Å²) in [4.78, 5) is 20.0. The molecule has 1 N–H and O–H groups in total. The summed E-state index contributed by atoms with van der Waals surface area (Å²) < 4.78 is 34.2. The number of carbonyl (C=O) groups is 1. The Hall–Kier alpha value is -2.28. The van der Waals surface area contributed by atoms with Gasteiger partial charge in [-0.3, -0.25) is 0 Å². The molecule has 0 bridgehead atoms. The molecule has 0 saturated heterocycles. The van der Waals surface area contributed by atoms with Crippen molar-refractivity contribution in [2.24, 2.45) is 0 Å². The van der Waals surface area contributed by atoms with E-state index in [1.807, 2.05) is 13.8 Å². The molecule has 29 heavy (non-hydrogen) atoms. The lowest BCUT2D eigenvalue weighted by Crippen LogP contribution is -2.25. The van der Waals surface area contributed by atoms with Crippen LogP contribution in [0.1, 0.15) is 62.0 Å². The zero-order chi connectivity index (χ0) is 21.2. The average molecular weight is 424 g/mol. The summed E-state index contributed by atoms with van der Waals surface area (Å²) in [5.41, 5.74) is 2.12. The van der Waals surface area contributed by atoms with Gasteiger partial charge >= 0.3 is 0 Å². The van der Waals surface area contributed by atoms with Crippen molar-refractivity contribution < 1.29 is 18.3 Å². The van der Waals surface area contributed by atoms with Crippen molar-refractivity contribution in [2.75, 3.05) is 11.9 Å². The highest BCUT2D eigenvalue weighted by atomic mass is 35.5. The van der Waals surface area contributed by atoms with Crippen LogP contribution >= 0.6 is 11.6 Å². The lowest BCUT2D eigenvalue weighted by atomic mass is 9.96. The topological polar surface area (TPSA) is 64.1 Å². The monoisotopic (exact) mass is 423 g/mol. The van der Waals surface area contributed by atoms with Crippen molar-refractivity contribution in [3.05, 3.63) is 45.9 Å². The Balaban J connectivity index is 1.94. The van der Waals surface area contributed by atoms with Crippen molar-refractivity contribution in [1.82, 2.24) is 9.97 Å². The third-order valence-electron chi connectivity index (χ3n) is 5.05. The van der Waals surface area contributed by atoms with E-state index in [1.54, 1.807) is 12.1 Å². The molecule has 1 atom stereocenters. The fourth-order valence-corrected chi connectivity index (χ4v) is 3.72. The molecule has 1 aromatic heterocycles. The van der Waals surface area contributed by atoms with Crippen molar-refractivity contribution in [2.45, 2.75) is 58.4 Å². The SMILES string of the molecule is CCc1c(CCC(C)=O)nc(Cl)nc1NC(C)c1cccc2c1OCCC2(F)F. The Morgan fingerprint density at radius 2 is 2.14 bits per heavy atom. The van der Waals surface area contributed by atoms with Crippen LogP contribution in [0, 0.1) is 0 Å².